The van der Waals surface area contributed by atoms with Crippen LogP contribution >= 0.6 is 0 Å². The summed E-state index contributed by atoms with van der Waals surface area (Å²) in [6.07, 6.45) is 1.40. The molecule has 2 aromatic rings. The third kappa shape index (κ3) is 8.25. The van der Waals surface area contributed by atoms with Crippen molar-refractivity contribution in [3.05, 3.63) is 53.3 Å². The molecule has 0 atom stereocenters. The van der Waals surface area contributed by atoms with Crippen LogP contribution in [0.15, 0.2) is 41.5 Å². The molecule has 0 spiro atoms. The van der Waals surface area contributed by atoms with Crippen LogP contribution in [0.2, 0.25) is 0 Å². The number of rotatable bonds is 7. The van der Waals surface area contributed by atoms with Crippen molar-refractivity contribution in [1.82, 2.24) is 25.7 Å². The van der Waals surface area contributed by atoms with Gasteiger partial charge in [-0.3, -0.25) is 5.10 Å². The second-order valence-corrected chi connectivity index (χ2v) is 7.78. The molecule has 3 N–H and O–H groups in total. The highest BCUT2D eigenvalue weighted by molar-refractivity contribution is 5.79. The number of amides is 1. The van der Waals surface area contributed by atoms with E-state index in [4.69, 9.17) is 4.74 Å². The van der Waals surface area contributed by atoms with Crippen molar-refractivity contribution < 1.29 is 9.53 Å². The number of guanidine groups is 1. The van der Waals surface area contributed by atoms with Gasteiger partial charge in [-0.15, -0.1) is 0 Å². The van der Waals surface area contributed by atoms with Crippen LogP contribution in [0.5, 0.6) is 0 Å². The minimum Gasteiger partial charge on any atom is -0.444 e. The Balaban J connectivity index is 1.89. The molecular weight excluding hydrogens is 368 g/mol. The lowest BCUT2D eigenvalue weighted by atomic mass is 10.1. The maximum Gasteiger partial charge on any atom is 0.410 e. The summed E-state index contributed by atoms with van der Waals surface area (Å²) in [5.41, 5.74) is 2.62. The Morgan fingerprint density at radius 3 is 2.45 bits per heavy atom. The second kappa shape index (κ2) is 10.5. The van der Waals surface area contributed by atoms with E-state index in [1.807, 2.05) is 58.0 Å². The van der Waals surface area contributed by atoms with Crippen LogP contribution in [0.3, 0.4) is 0 Å². The number of aromatic nitrogens is 2. The van der Waals surface area contributed by atoms with Crippen LogP contribution < -0.4 is 10.6 Å². The summed E-state index contributed by atoms with van der Waals surface area (Å²) in [7, 11) is 1.74. The highest BCUT2D eigenvalue weighted by Gasteiger charge is 2.19. The third-order valence-electron chi connectivity index (χ3n) is 3.92. The Hall–Kier alpha value is -3.03. The molecular formula is C21H32N6O2. The monoisotopic (exact) mass is 400 g/mol. The molecule has 0 aliphatic carbocycles. The van der Waals surface area contributed by atoms with E-state index in [0.29, 0.717) is 19.6 Å². The molecule has 2 rings (SSSR count). The number of hydrogen-bond donors (Lipinski definition) is 3. The first kappa shape index (κ1) is 22.3. The van der Waals surface area contributed by atoms with Gasteiger partial charge < -0.3 is 20.3 Å². The number of hydrogen-bond acceptors (Lipinski definition) is 4. The van der Waals surface area contributed by atoms with Crippen LogP contribution in [0.4, 0.5) is 4.79 Å². The van der Waals surface area contributed by atoms with Gasteiger partial charge in [0.1, 0.15) is 5.60 Å². The number of nitrogens with one attached hydrogen (secondary N) is 3. The lowest BCUT2D eigenvalue weighted by molar-refractivity contribution is 0.0285. The van der Waals surface area contributed by atoms with Crippen molar-refractivity contribution in [2.45, 2.75) is 52.9 Å². The van der Waals surface area contributed by atoms with E-state index in [0.717, 1.165) is 29.3 Å². The molecule has 0 radical (unpaired) electrons. The molecule has 1 amide bonds. The molecule has 0 saturated heterocycles. The molecule has 158 valence electrons. The van der Waals surface area contributed by atoms with Gasteiger partial charge in [0, 0.05) is 26.3 Å². The second-order valence-electron chi connectivity index (χ2n) is 7.78. The average Bonchev–Trinajstić information content (AvgIpc) is 3.17. The van der Waals surface area contributed by atoms with E-state index >= 15 is 0 Å². The van der Waals surface area contributed by atoms with Crippen LogP contribution in [-0.4, -0.2) is 46.3 Å². The highest BCUT2D eigenvalue weighted by atomic mass is 16.6. The first-order valence-corrected chi connectivity index (χ1v) is 9.79. The molecule has 0 aliphatic heterocycles. The number of H-pyrrole nitrogens is 1. The summed E-state index contributed by atoms with van der Waals surface area (Å²) in [6, 6.07) is 10.00. The Bertz CT molecular complexity index is 779. The van der Waals surface area contributed by atoms with Crippen LogP contribution in [0.1, 0.15) is 44.5 Å². The zero-order chi connectivity index (χ0) is 21.3. The molecule has 0 fully saturated rings. The Morgan fingerprint density at radius 1 is 1.17 bits per heavy atom. The molecule has 1 heterocycles. The first-order chi connectivity index (χ1) is 13.8. The number of benzene rings is 1. The minimum absolute atomic E-state index is 0.329. The summed E-state index contributed by atoms with van der Waals surface area (Å²) in [5.74, 6) is 0.746. The molecule has 8 heteroatoms. The van der Waals surface area contributed by atoms with Gasteiger partial charge in [-0.1, -0.05) is 24.3 Å². The van der Waals surface area contributed by atoms with Gasteiger partial charge in [0.25, 0.3) is 0 Å². The van der Waals surface area contributed by atoms with E-state index < -0.39 is 5.60 Å². The average molecular weight is 401 g/mol. The zero-order valence-corrected chi connectivity index (χ0v) is 18.0. The van der Waals surface area contributed by atoms with Gasteiger partial charge in [0.15, 0.2) is 5.96 Å². The quantitative estimate of drug-likeness (QED) is 0.491. The van der Waals surface area contributed by atoms with Crippen molar-refractivity contribution in [2.75, 3.05) is 13.6 Å². The summed E-state index contributed by atoms with van der Waals surface area (Å²) in [4.78, 5) is 18.3. The smallest absolute Gasteiger partial charge is 0.410 e. The predicted octanol–water partition coefficient (Wildman–Crippen LogP) is 3.03. The van der Waals surface area contributed by atoms with Crippen LogP contribution in [0, 0.1) is 0 Å². The summed E-state index contributed by atoms with van der Waals surface area (Å²) in [5, 5.41) is 13.4. The number of aromatic amines is 1. The van der Waals surface area contributed by atoms with Crippen molar-refractivity contribution in [1.29, 1.82) is 0 Å². The zero-order valence-electron chi connectivity index (χ0n) is 18.0. The maximum atomic E-state index is 12.1. The Morgan fingerprint density at radius 2 is 1.86 bits per heavy atom. The van der Waals surface area contributed by atoms with Gasteiger partial charge in [-0.2, -0.15) is 5.10 Å². The van der Waals surface area contributed by atoms with Gasteiger partial charge >= 0.3 is 6.09 Å². The van der Waals surface area contributed by atoms with E-state index in [-0.39, 0.29) is 6.09 Å². The standard InChI is InChI=1S/C21H32N6O2/c1-6-22-19(24-14-18-11-12-25-26-18)23-13-16-7-9-17(10-8-16)15-27(5)20(28)29-21(2,3)4/h7-12H,6,13-15H2,1-5H3,(H,25,26)(H2,22,23,24). The number of ether oxygens (including phenoxy) is 1. The summed E-state index contributed by atoms with van der Waals surface area (Å²) in [6.45, 7) is 10.1. The molecule has 0 saturated carbocycles. The molecule has 0 aliphatic rings. The van der Waals surface area contributed by atoms with E-state index in [2.05, 4.69) is 25.8 Å². The van der Waals surface area contributed by atoms with E-state index in [1.54, 1.807) is 18.1 Å². The number of carbonyl (C=O) groups excluding carboxylic acids is 1. The molecule has 0 unspecified atom stereocenters. The fourth-order valence-electron chi connectivity index (χ4n) is 2.50. The SMILES string of the molecule is CCNC(=NCc1ccc(CN(C)C(=O)OC(C)(C)C)cc1)NCc1ccn[nH]1. The van der Waals surface area contributed by atoms with Crippen LogP contribution in [0.25, 0.3) is 0 Å². The van der Waals surface area contributed by atoms with Gasteiger partial charge in [-0.05, 0) is 44.9 Å². The number of aliphatic imine (C=N–C) groups is 1. The lowest BCUT2D eigenvalue weighted by Gasteiger charge is -2.24. The Kier molecular flexibility index (Phi) is 8.06. The molecule has 1 aromatic carbocycles. The van der Waals surface area contributed by atoms with E-state index in [1.165, 1.54) is 0 Å². The lowest BCUT2D eigenvalue weighted by Crippen LogP contribution is -2.36. The van der Waals surface area contributed by atoms with Crippen molar-refractivity contribution in [3.63, 3.8) is 0 Å². The normalized spacial score (nSPS) is 11.8. The third-order valence-corrected chi connectivity index (χ3v) is 3.92. The predicted molar refractivity (Wildman–Crippen MR) is 114 cm³/mol. The van der Waals surface area contributed by atoms with Crippen molar-refractivity contribution in [2.24, 2.45) is 4.99 Å². The highest BCUT2D eigenvalue weighted by Crippen LogP contribution is 2.12. The van der Waals surface area contributed by atoms with Gasteiger partial charge in [-0.25, -0.2) is 9.79 Å². The minimum atomic E-state index is -0.497. The topological polar surface area (TPSA) is 94.6 Å². The maximum absolute atomic E-state index is 12.1. The number of carbonyl (C=O) groups is 1. The fraction of sp³-hybridized carbons (Fsp3) is 0.476. The number of nitrogens with zero attached hydrogens (tertiary/aromatic N) is 3. The summed E-state index contributed by atoms with van der Waals surface area (Å²) < 4.78 is 5.38. The van der Waals surface area contributed by atoms with Crippen LogP contribution in [-0.2, 0) is 24.4 Å². The Labute approximate surface area is 172 Å². The summed E-state index contributed by atoms with van der Waals surface area (Å²) >= 11 is 0. The molecule has 0 bridgehead atoms. The molecule has 29 heavy (non-hydrogen) atoms. The van der Waals surface area contributed by atoms with Crippen molar-refractivity contribution >= 4 is 12.1 Å². The van der Waals surface area contributed by atoms with Gasteiger partial charge in [0.2, 0.25) is 0 Å². The molecule has 8 nitrogen and oxygen atoms in total. The van der Waals surface area contributed by atoms with Crippen molar-refractivity contribution in [3.8, 4) is 0 Å². The first-order valence-electron chi connectivity index (χ1n) is 9.79. The van der Waals surface area contributed by atoms with Gasteiger partial charge in [0.05, 0.1) is 18.8 Å². The fourth-order valence-corrected chi connectivity index (χ4v) is 2.50. The van der Waals surface area contributed by atoms with E-state index in [9.17, 15) is 4.79 Å². The molecule has 1 aromatic heterocycles. The largest absolute Gasteiger partial charge is 0.444 e.